The van der Waals surface area contributed by atoms with Gasteiger partial charge in [0.2, 0.25) is 0 Å². The normalized spacial score (nSPS) is 10.4. The standard InChI is InChI=1S/C11H12BrNO4/c1-7(2)6-17-11(14)8-3-4-9(12)10(5-8)13(15)16/h3-5,7H,6H2,1-2H3. The molecule has 0 N–H and O–H groups in total. The fourth-order valence-corrected chi connectivity index (χ4v) is 1.50. The molecule has 0 atom stereocenters. The van der Waals surface area contributed by atoms with Gasteiger partial charge in [-0.25, -0.2) is 4.79 Å². The quantitative estimate of drug-likeness (QED) is 0.486. The smallest absolute Gasteiger partial charge is 0.338 e. The number of esters is 1. The molecule has 0 amide bonds. The van der Waals surface area contributed by atoms with Gasteiger partial charge in [0, 0.05) is 6.07 Å². The summed E-state index contributed by atoms with van der Waals surface area (Å²) in [5.74, 6) is -0.321. The lowest BCUT2D eigenvalue weighted by Crippen LogP contribution is -2.10. The van der Waals surface area contributed by atoms with Gasteiger partial charge in [0.05, 0.1) is 21.6 Å². The minimum atomic E-state index is -0.552. The molecule has 0 aromatic heterocycles. The second-order valence-corrected chi connectivity index (χ2v) is 4.77. The number of ether oxygens (including phenoxy) is 1. The number of rotatable bonds is 4. The summed E-state index contributed by atoms with van der Waals surface area (Å²) in [5, 5.41) is 10.7. The summed E-state index contributed by atoms with van der Waals surface area (Å²) < 4.78 is 5.32. The molecule has 0 bridgehead atoms. The van der Waals surface area contributed by atoms with Crippen molar-refractivity contribution in [2.24, 2.45) is 5.92 Å². The minimum absolute atomic E-state index is 0.149. The van der Waals surface area contributed by atoms with Gasteiger partial charge in [-0.2, -0.15) is 0 Å². The van der Waals surface area contributed by atoms with E-state index in [1.54, 1.807) is 0 Å². The Balaban J connectivity index is 2.88. The van der Waals surface area contributed by atoms with Crippen molar-refractivity contribution in [2.45, 2.75) is 13.8 Å². The van der Waals surface area contributed by atoms with E-state index in [2.05, 4.69) is 15.9 Å². The van der Waals surface area contributed by atoms with Gasteiger partial charge in [-0.05, 0) is 34.0 Å². The third-order valence-electron chi connectivity index (χ3n) is 1.93. The fraction of sp³-hybridized carbons (Fsp3) is 0.364. The predicted molar refractivity (Wildman–Crippen MR) is 65.9 cm³/mol. The summed E-state index contributed by atoms with van der Waals surface area (Å²) in [6.45, 7) is 4.12. The van der Waals surface area contributed by atoms with Crippen LogP contribution in [0.4, 0.5) is 5.69 Å². The zero-order valence-electron chi connectivity index (χ0n) is 9.47. The zero-order valence-corrected chi connectivity index (χ0v) is 11.1. The van der Waals surface area contributed by atoms with Crippen molar-refractivity contribution in [1.29, 1.82) is 0 Å². The number of halogens is 1. The molecule has 0 aliphatic rings. The van der Waals surface area contributed by atoms with Gasteiger partial charge in [0.15, 0.2) is 0 Å². The second kappa shape index (κ2) is 5.77. The summed E-state index contributed by atoms with van der Waals surface area (Å²) in [7, 11) is 0. The molecule has 17 heavy (non-hydrogen) atoms. The van der Waals surface area contributed by atoms with Gasteiger partial charge in [-0.15, -0.1) is 0 Å². The van der Waals surface area contributed by atoms with Crippen molar-refractivity contribution >= 4 is 27.6 Å². The van der Waals surface area contributed by atoms with Crippen LogP contribution in [0.1, 0.15) is 24.2 Å². The highest BCUT2D eigenvalue weighted by Crippen LogP contribution is 2.25. The molecule has 0 unspecified atom stereocenters. The van der Waals surface area contributed by atoms with Crippen LogP contribution < -0.4 is 0 Å². The van der Waals surface area contributed by atoms with Crippen LogP contribution in [0.3, 0.4) is 0 Å². The summed E-state index contributed by atoms with van der Waals surface area (Å²) in [4.78, 5) is 21.7. The maximum atomic E-state index is 11.6. The van der Waals surface area contributed by atoms with Crippen molar-refractivity contribution in [3.63, 3.8) is 0 Å². The molecule has 0 heterocycles. The van der Waals surface area contributed by atoms with Crippen LogP contribution >= 0.6 is 15.9 Å². The Bertz CT molecular complexity index is 445. The Labute approximate surface area is 107 Å². The Kier molecular flexibility index (Phi) is 4.62. The minimum Gasteiger partial charge on any atom is -0.462 e. The number of hydrogen-bond donors (Lipinski definition) is 0. The highest BCUT2D eigenvalue weighted by Gasteiger charge is 2.16. The van der Waals surface area contributed by atoms with Gasteiger partial charge in [0.25, 0.3) is 5.69 Å². The van der Waals surface area contributed by atoms with Crippen LogP contribution in [0.2, 0.25) is 0 Å². The van der Waals surface area contributed by atoms with E-state index in [0.717, 1.165) is 0 Å². The molecule has 1 aromatic rings. The van der Waals surface area contributed by atoms with E-state index < -0.39 is 10.9 Å². The Morgan fingerprint density at radius 2 is 2.18 bits per heavy atom. The van der Waals surface area contributed by atoms with Gasteiger partial charge in [0.1, 0.15) is 0 Å². The lowest BCUT2D eigenvalue weighted by molar-refractivity contribution is -0.385. The molecule has 92 valence electrons. The van der Waals surface area contributed by atoms with Gasteiger partial charge >= 0.3 is 5.97 Å². The number of nitro benzene ring substituents is 1. The van der Waals surface area contributed by atoms with Crippen molar-refractivity contribution < 1.29 is 14.5 Å². The first kappa shape index (κ1) is 13.6. The van der Waals surface area contributed by atoms with Crippen LogP contribution in [-0.4, -0.2) is 17.5 Å². The van der Waals surface area contributed by atoms with Crippen molar-refractivity contribution in [1.82, 2.24) is 0 Å². The fourth-order valence-electron chi connectivity index (χ4n) is 1.11. The van der Waals surface area contributed by atoms with Crippen LogP contribution in [0.15, 0.2) is 22.7 Å². The molecule has 1 rings (SSSR count). The maximum Gasteiger partial charge on any atom is 0.338 e. The number of nitrogens with zero attached hydrogens (tertiary/aromatic N) is 1. The largest absolute Gasteiger partial charge is 0.462 e. The number of benzene rings is 1. The molecule has 1 aromatic carbocycles. The average molecular weight is 302 g/mol. The van der Waals surface area contributed by atoms with Gasteiger partial charge in [-0.3, -0.25) is 10.1 Å². The topological polar surface area (TPSA) is 69.4 Å². The first-order valence-electron chi connectivity index (χ1n) is 5.03. The molecule has 0 fully saturated rings. The van der Waals surface area contributed by atoms with Crippen molar-refractivity contribution in [3.05, 3.63) is 38.3 Å². The molecular weight excluding hydrogens is 290 g/mol. The third-order valence-corrected chi connectivity index (χ3v) is 2.60. The van der Waals surface area contributed by atoms with Crippen LogP contribution in [0.25, 0.3) is 0 Å². The lowest BCUT2D eigenvalue weighted by atomic mass is 10.2. The summed E-state index contributed by atoms with van der Waals surface area (Å²) >= 11 is 3.05. The SMILES string of the molecule is CC(C)COC(=O)c1ccc(Br)c([N+](=O)[O-])c1. The van der Waals surface area contributed by atoms with Crippen molar-refractivity contribution in [2.75, 3.05) is 6.61 Å². The maximum absolute atomic E-state index is 11.6. The molecule has 0 saturated heterocycles. The van der Waals surface area contributed by atoms with Crippen LogP contribution in [0.5, 0.6) is 0 Å². The number of nitro groups is 1. The van der Waals surface area contributed by atoms with E-state index >= 15 is 0 Å². The van der Waals surface area contributed by atoms with E-state index in [4.69, 9.17) is 4.74 Å². The summed E-state index contributed by atoms with van der Waals surface area (Å²) in [6.07, 6.45) is 0. The van der Waals surface area contributed by atoms with Crippen LogP contribution in [-0.2, 0) is 4.74 Å². The van der Waals surface area contributed by atoms with E-state index in [1.807, 2.05) is 13.8 Å². The number of carbonyl (C=O) groups is 1. The predicted octanol–water partition coefficient (Wildman–Crippen LogP) is 3.17. The second-order valence-electron chi connectivity index (χ2n) is 3.92. The molecule has 0 aliphatic heterocycles. The lowest BCUT2D eigenvalue weighted by Gasteiger charge is -2.07. The Hall–Kier alpha value is -1.43. The molecule has 0 radical (unpaired) electrons. The molecule has 6 heteroatoms. The number of carbonyl (C=O) groups excluding carboxylic acids is 1. The van der Waals surface area contributed by atoms with Crippen molar-refractivity contribution in [3.8, 4) is 0 Å². The van der Waals surface area contributed by atoms with Gasteiger partial charge in [-0.1, -0.05) is 13.8 Å². The molecule has 0 saturated carbocycles. The monoisotopic (exact) mass is 301 g/mol. The van der Waals surface area contributed by atoms with Gasteiger partial charge < -0.3 is 4.74 Å². The number of hydrogen-bond acceptors (Lipinski definition) is 4. The molecule has 0 aliphatic carbocycles. The van der Waals surface area contributed by atoms with E-state index in [1.165, 1.54) is 18.2 Å². The highest BCUT2D eigenvalue weighted by atomic mass is 79.9. The zero-order chi connectivity index (χ0) is 13.0. The highest BCUT2D eigenvalue weighted by molar-refractivity contribution is 9.10. The van der Waals surface area contributed by atoms with Crippen LogP contribution in [0, 0.1) is 16.0 Å². The molecule has 5 nitrogen and oxygen atoms in total. The third kappa shape index (κ3) is 3.81. The van der Waals surface area contributed by atoms with E-state index in [0.29, 0.717) is 11.1 Å². The Morgan fingerprint density at radius 1 is 1.53 bits per heavy atom. The molecular formula is C11H12BrNO4. The average Bonchev–Trinajstić information content (AvgIpc) is 2.26. The Morgan fingerprint density at radius 3 is 2.71 bits per heavy atom. The first-order valence-corrected chi connectivity index (χ1v) is 5.82. The first-order chi connectivity index (χ1) is 7.91. The molecule has 0 spiro atoms. The summed E-state index contributed by atoms with van der Waals surface area (Å²) in [5.41, 5.74) is 0.0320. The summed E-state index contributed by atoms with van der Waals surface area (Å²) in [6, 6.07) is 4.15. The van der Waals surface area contributed by atoms with E-state index in [9.17, 15) is 14.9 Å². The van der Waals surface area contributed by atoms with E-state index in [-0.39, 0.29) is 17.2 Å².